The van der Waals surface area contributed by atoms with Gasteiger partial charge in [-0.3, -0.25) is 0 Å². The van der Waals surface area contributed by atoms with Crippen molar-refractivity contribution in [3.8, 4) is 11.1 Å². The van der Waals surface area contributed by atoms with Crippen LogP contribution in [0.5, 0.6) is 0 Å². The monoisotopic (exact) mass is 642 g/mol. The van der Waals surface area contributed by atoms with E-state index in [4.69, 9.17) is 0 Å². The fourth-order valence-corrected chi connectivity index (χ4v) is 5.27. The molecule has 4 heteroatoms. The fourth-order valence-electron chi connectivity index (χ4n) is 4.02. The predicted octanol–water partition coefficient (Wildman–Crippen LogP) is 9.72. The standard InChI is InChI=1S/C26H14Br4/c27-17-5-1-15(2-6-17)25(16-3-7-18(28)8-4-16)26-21-11-9-19(29)13-23(21)24-14-20(30)10-12-22(24)26/h1-14H. The Hall–Kier alpha value is -1.46. The molecule has 0 saturated heterocycles. The van der Waals surface area contributed by atoms with Gasteiger partial charge in [0.1, 0.15) is 0 Å². The van der Waals surface area contributed by atoms with E-state index in [1.807, 2.05) is 0 Å². The van der Waals surface area contributed by atoms with Gasteiger partial charge in [0.15, 0.2) is 0 Å². The number of halogens is 4. The topological polar surface area (TPSA) is 0 Å². The van der Waals surface area contributed by atoms with Crippen LogP contribution >= 0.6 is 63.7 Å². The molecule has 4 aromatic rings. The molecule has 0 atom stereocenters. The third kappa shape index (κ3) is 3.69. The lowest BCUT2D eigenvalue weighted by Gasteiger charge is -2.15. The van der Waals surface area contributed by atoms with E-state index in [9.17, 15) is 0 Å². The minimum Gasteiger partial charge on any atom is -0.0532 e. The summed E-state index contributed by atoms with van der Waals surface area (Å²) in [5.41, 5.74) is 9.91. The van der Waals surface area contributed by atoms with Gasteiger partial charge in [0, 0.05) is 17.9 Å². The lowest BCUT2D eigenvalue weighted by atomic mass is 9.88. The van der Waals surface area contributed by atoms with Crippen molar-refractivity contribution in [3.05, 3.63) is 125 Å². The van der Waals surface area contributed by atoms with Crippen molar-refractivity contribution in [2.75, 3.05) is 0 Å². The van der Waals surface area contributed by atoms with Gasteiger partial charge in [-0.15, -0.1) is 0 Å². The van der Waals surface area contributed by atoms with Gasteiger partial charge in [-0.1, -0.05) is 100 Å². The molecule has 0 nitrogen and oxygen atoms in total. The van der Waals surface area contributed by atoms with Crippen LogP contribution in [-0.2, 0) is 0 Å². The maximum absolute atomic E-state index is 3.66. The van der Waals surface area contributed by atoms with Crippen molar-refractivity contribution < 1.29 is 0 Å². The molecule has 0 amide bonds. The van der Waals surface area contributed by atoms with Crippen LogP contribution in [-0.4, -0.2) is 0 Å². The highest BCUT2D eigenvalue weighted by molar-refractivity contribution is 9.11. The SMILES string of the molecule is Brc1ccc(C(=C2c3ccc(Br)cc3-c3cc(Br)ccc32)c2ccc(Br)cc2)cc1. The van der Waals surface area contributed by atoms with Crippen LogP contribution in [0, 0.1) is 0 Å². The molecule has 5 rings (SSSR count). The van der Waals surface area contributed by atoms with E-state index in [0.717, 1.165) is 17.9 Å². The van der Waals surface area contributed by atoms with Gasteiger partial charge >= 0.3 is 0 Å². The van der Waals surface area contributed by atoms with Crippen molar-refractivity contribution >= 4 is 74.9 Å². The van der Waals surface area contributed by atoms with E-state index in [-0.39, 0.29) is 0 Å². The Bertz CT molecular complexity index is 1200. The van der Waals surface area contributed by atoms with Gasteiger partial charge < -0.3 is 0 Å². The summed E-state index contributed by atoms with van der Waals surface area (Å²) in [4.78, 5) is 0. The van der Waals surface area contributed by atoms with E-state index >= 15 is 0 Å². The predicted molar refractivity (Wildman–Crippen MR) is 141 cm³/mol. The number of fused-ring (bicyclic) bond motifs is 3. The summed E-state index contributed by atoms with van der Waals surface area (Å²) in [5.74, 6) is 0. The van der Waals surface area contributed by atoms with Crippen molar-refractivity contribution in [1.29, 1.82) is 0 Å². The summed E-state index contributed by atoms with van der Waals surface area (Å²) in [6.07, 6.45) is 0. The van der Waals surface area contributed by atoms with Crippen LogP contribution in [0.25, 0.3) is 22.3 Å². The summed E-state index contributed by atoms with van der Waals surface area (Å²) in [6.45, 7) is 0. The third-order valence-electron chi connectivity index (χ3n) is 5.31. The largest absolute Gasteiger partial charge is 0.0532 e. The second kappa shape index (κ2) is 8.23. The van der Waals surface area contributed by atoms with Crippen LogP contribution in [0.1, 0.15) is 22.3 Å². The van der Waals surface area contributed by atoms with Gasteiger partial charge in [0.25, 0.3) is 0 Å². The average Bonchev–Trinajstić information content (AvgIpc) is 3.04. The summed E-state index contributed by atoms with van der Waals surface area (Å²) < 4.78 is 4.32. The molecule has 30 heavy (non-hydrogen) atoms. The molecule has 1 aliphatic rings. The van der Waals surface area contributed by atoms with Gasteiger partial charge in [0.2, 0.25) is 0 Å². The highest BCUT2D eigenvalue weighted by Crippen LogP contribution is 2.50. The quantitative estimate of drug-likeness (QED) is 0.179. The molecule has 0 fully saturated rings. The molecular formula is C26H14Br4. The molecule has 0 spiro atoms. The minimum absolute atomic E-state index is 1.08. The van der Waals surface area contributed by atoms with E-state index in [0.29, 0.717) is 0 Å². The van der Waals surface area contributed by atoms with Crippen molar-refractivity contribution in [3.63, 3.8) is 0 Å². The second-order valence-corrected chi connectivity index (χ2v) is 10.8. The van der Waals surface area contributed by atoms with E-state index in [2.05, 4.69) is 149 Å². The number of hydrogen-bond acceptors (Lipinski definition) is 0. The number of benzene rings is 4. The second-order valence-electron chi connectivity index (χ2n) is 7.14. The van der Waals surface area contributed by atoms with Crippen LogP contribution in [0.4, 0.5) is 0 Å². The first kappa shape index (κ1) is 20.4. The van der Waals surface area contributed by atoms with Gasteiger partial charge in [-0.05, 0) is 93.1 Å². The zero-order chi connectivity index (χ0) is 20.8. The maximum atomic E-state index is 3.66. The molecule has 0 bridgehead atoms. The molecule has 0 radical (unpaired) electrons. The molecule has 0 N–H and O–H groups in total. The molecule has 1 aliphatic carbocycles. The Balaban J connectivity index is 1.91. The lowest BCUT2D eigenvalue weighted by molar-refractivity contribution is 1.51. The molecule has 4 aromatic carbocycles. The lowest BCUT2D eigenvalue weighted by Crippen LogP contribution is -1.94. The Morgan fingerprint density at radius 1 is 0.400 bits per heavy atom. The summed E-state index contributed by atoms with van der Waals surface area (Å²) in [6, 6.07) is 30.3. The number of hydrogen-bond donors (Lipinski definition) is 0. The first-order chi connectivity index (χ1) is 14.5. The van der Waals surface area contributed by atoms with Crippen LogP contribution < -0.4 is 0 Å². The zero-order valence-electron chi connectivity index (χ0n) is 15.6. The van der Waals surface area contributed by atoms with Gasteiger partial charge in [-0.2, -0.15) is 0 Å². The minimum atomic E-state index is 1.08. The van der Waals surface area contributed by atoms with Crippen molar-refractivity contribution in [2.45, 2.75) is 0 Å². The molecule has 146 valence electrons. The van der Waals surface area contributed by atoms with Crippen LogP contribution in [0.15, 0.2) is 103 Å². The van der Waals surface area contributed by atoms with Crippen molar-refractivity contribution in [1.82, 2.24) is 0 Å². The van der Waals surface area contributed by atoms with Crippen LogP contribution in [0.3, 0.4) is 0 Å². The molecule has 0 saturated carbocycles. The highest BCUT2D eigenvalue weighted by Gasteiger charge is 2.27. The maximum Gasteiger partial charge on any atom is 0.0181 e. The van der Waals surface area contributed by atoms with Crippen molar-refractivity contribution in [2.24, 2.45) is 0 Å². The summed E-state index contributed by atoms with van der Waals surface area (Å²) in [5, 5.41) is 0. The Kier molecular flexibility index (Phi) is 5.61. The van der Waals surface area contributed by atoms with Crippen LogP contribution in [0.2, 0.25) is 0 Å². The molecular weight excluding hydrogens is 632 g/mol. The smallest absolute Gasteiger partial charge is 0.0181 e. The summed E-state index contributed by atoms with van der Waals surface area (Å²) >= 11 is 14.5. The van der Waals surface area contributed by atoms with Gasteiger partial charge in [-0.25, -0.2) is 0 Å². The summed E-state index contributed by atoms with van der Waals surface area (Å²) in [7, 11) is 0. The first-order valence-corrected chi connectivity index (χ1v) is 12.5. The molecule has 0 aromatic heterocycles. The molecule has 0 heterocycles. The average molecular weight is 646 g/mol. The zero-order valence-corrected chi connectivity index (χ0v) is 21.9. The first-order valence-electron chi connectivity index (χ1n) is 9.37. The fraction of sp³-hybridized carbons (Fsp3) is 0. The molecule has 0 aliphatic heterocycles. The van der Waals surface area contributed by atoms with Gasteiger partial charge in [0.05, 0.1) is 0 Å². The molecule has 0 unspecified atom stereocenters. The third-order valence-corrected chi connectivity index (χ3v) is 7.35. The Labute approximate surface area is 209 Å². The Morgan fingerprint density at radius 2 is 0.767 bits per heavy atom. The highest BCUT2D eigenvalue weighted by atomic mass is 79.9. The van der Waals surface area contributed by atoms with E-state index in [1.54, 1.807) is 0 Å². The normalized spacial score (nSPS) is 11.9. The van der Waals surface area contributed by atoms with E-state index in [1.165, 1.54) is 44.5 Å². The van der Waals surface area contributed by atoms with E-state index < -0.39 is 0 Å². The Morgan fingerprint density at radius 3 is 1.17 bits per heavy atom. The number of rotatable bonds is 2.